The van der Waals surface area contributed by atoms with Gasteiger partial charge in [-0.05, 0) is 36.2 Å². The number of nitrogens with one attached hydrogen (secondary N) is 1. The lowest BCUT2D eigenvalue weighted by atomic mass is 9.73. The van der Waals surface area contributed by atoms with Gasteiger partial charge in [0.15, 0.2) is 0 Å². The van der Waals surface area contributed by atoms with Crippen LogP contribution in [0.2, 0.25) is 5.04 Å². The van der Waals surface area contributed by atoms with Crippen molar-refractivity contribution in [1.29, 1.82) is 5.26 Å². The van der Waals surface area contributed by atoms with E-state index in [0.717, 1.165) is 10.4 Å². The van der Waals surface area contributed by atoms with E-state index in [9.17, 15) is 20.0 Å². The number of benzene rings is 2. The monoisotopic (exact) mass is 564 g/mol. The highest BCUT2D eigenvalue weighted by Crippen LogP contribution is 2.41. The van der Waals surface area contributed by atoms with Crippen LogP contribution in [-0.4, -0.2) is 55.9 Å². The average molecular weight is 565 g/mol. The van der Waals surface area contributed by atoms with Gasteiger partial charge in [-0.25, -0.2) is 4.79 Å². The van der Waals surface area contributed by atoms with Gasteiger partial charge < -0.3 is 24.3 Å². The van der Waals surface area contributed by atoms with Crippen LogP contribution in [0.1, 0.15) is 48.0 Å². The maximum absolute atomic E-state index is 12.8. The zero-order chi connectivity index (χ0) is 29.8. The first kappa shape index (κ1) is 31.1. The SMILES string of the molecule is COC(=O)C[C@]1(NC(=O)OC(C)(C)C)C=C[C@@H](O[Si](c2ccccc2)(c2ccccc2)C(C)(C)C)[C@H](O)[C@@H]1C#N. The van der Waals surface area contributed by atoms with Gasteiger partial charge in [0, 0.05) is 0 Å². The summed E-state index contributed by atoms with van der Waals surface area (Å²) in [7, 11) is -1.87. The van der Waals surface area contributed by atoms with Gasteiger partial charge >= 0.3 is 12.1 Å². The van der Waals surface area contributed by atoms with Crippen LogP contribution < -0.4 is 15.7 Å². The molecule has 0 aromatic heterocycles. The third-order valence-electron chi connectivity index (χ3n) is 7.08. The molecule has 9 heteroatoms. The largest absolute Gasteiger partial charge is 0.469 e. The highest BCUT2D eigenvalue weighted by atomic mass is 28.4. The molecule has 0 spiro atoms. The van der Waals surface area contributed by atoms with Crippen molar-refractivity contribution in [1.82, 2.24) is 5.32 Å². The fourth-order valence-electron chi connectivity index (χ4n) is 5.31. The number of aliphatic hydroxyl groups is 1. The number of hydrogen-bond donors (Lipinski definition) is 2. The topological polar surface area (TPSA) is 118 Å². The molecule has 2 aromatic carbocycles. The lowest BCUT2D eigenvalue weighted by Gasteiger charge is -2.48. The van der Waals surface area contributed by atoms with Crippen molar-refractivity contribution in [3.8, 4) is 6.07 Å². The number of nitrogens with zero attached hydrogens (tertiary/aromatic N) is 1. The minimum atomic E-state index is -3.09. The second kappa shape index (κ2) is 12.0. The molecular weight excluding hydrogens is 524 g/mol. The molecule has 2 N–H and O–H groups in total. The lowest BCUT2D eigenvalue weighted by Crippen LogP contribution is -2.70. The molecule has 0 heterocycles. The Morgan fingerprint density at radius 1 is 1.00 bits per heavy atom. The van der Waals surface area contributed by atoms with E-state index < -0.39 is 49.6 Å². The molecule has 0 fully saturated rings. The number of hydrogen-bond acceptors (Lipinski definition) is 7. The Hall–Kier alpha value is -3.45. The number of amides is 1. The standard InChI is InChI=1S/C31H40N2O6Si/c1-29(2,3)38-28(36)33-31(20-26(34)37-7)19-18-25(27(35)24(31)21-32)39-40(30(4,5)6,22-14-10-8-11-15-22)23-16-12-9-13-17-23/h8-19,24-25,27,35H,20H2,1-7H3,(H,33,36)/t24-,25+,27+,31+/m0/s1. The average Bonchev–Trinajstić information content (AvgIpc) is 2.87. The van der Waals surface area contributed by atoms with E-state index in [0.29, 0.717) is 0 Å². The van der Waals surface area contributed by atoms with Gasteiger partial charge in [-0.1, -0.05) is 93.6 Å². The van der Waals surface area contributed by atoms with Crippen LogP contribution in [0, 0.1) is 17.2 Å². The van der Waals surface area contributed by atoms with Crippen LogP contribution in [0.4, 0.5) is 4.79 Å². The van der Waals surface area contributed by atoms with Gasteiger partial charge in [0.05, 0.1) is 31.2 Å². The Balaban J connectivity index is 2.15. The predicted molar refractivity (Wildman–Crippen MR) is 155 cm³/mol. The normalized spacial score (nSPS) is 23.1. The number of rotatable bonds is 7. The third-order valence-corrected chi connectivity index (χ3v) is 12.1. The van der Waals surface area contributed by atoms with E-state index in [2.05, 4.69) is 32.2 Å². The summed E-state index contributed by atoms with van der Waals surface area (Å²) in [5.74, 6) is -1.90. The van der Waals surface area contributed by atoms with E-state index in [1.54, 1.807) is 32.9 Å². The summed E-state index contributed by atoms with van der Waals surface area (Å²) in [4.78, 5) is 25.3. The molecule has 3 rings (SSSR count). The first-order valence-corrected chi connectivity index (χ1v) is 15.2. The van der Waals surface area contributed by atoms with E-state index in [-0.39, 0.29) is 11.5 Å². The van der Waals surface area contributed by atoms with Crippen molar-refractivity contribution in [3.63, 3.8) is 0 Å². The third kappa shape index (κ3) is 6.47. The van der Waals surface area contributed by atoms with Crippen LogP contribution in [-0.2, 0) is 18.7 Å². The highest BCUT2D eigenvalue weighted by Gasteiger charge is 2.55. The van der Waals surface area contributed by atoms with Crippen LogP contribution in [0.3, 0.4) is 0 Å². The second-order valence-corrected chi connectivity index (χ2v) is 16.4. The summed E-state index contributed by atoms with van der Waals surface area (Å²) in [6.45, 7) is 11.5. The Bertz CT molecular complexity index is 1210. The summed E-state index contributed by atoms with van der Waals surface area (Å²) in [6, 6.07) is 22.0. The zero-order valence-electron chi connectivity index (χ0n) is 24.3. The molecule has 0 bridgehead atoms. The van der Waals surface area contributed by atoms with Gasteiger partial charge in [-0.15, -0.1) is 0 Å². The number of alkyl carbamates (subject to hydrolysis) is 1. The molecule has 0 aliphatic heterocycles. The highest BCUT2D eigenvalue weighted by molar-refractivity contribution is 6.99. The Morgan fingerprint density at radius 2 is 1.52 bits per heavy atom. The number of carbonyl (C=O) groups is 2. The van der Waals surface area contributed by atoms with Crippen molar-refractivity contribution in [2.75, 3.05) is 7.11 Å². The van der Waals surface area contributed by atoms with Crippen molar-refractivity contribution in [3.05, 3.63) is 72.8 Å². The molecule has 0 radical (unpaired) electrons. The number of carbonyl (C=O) groups excluding carboxylic acids is 2. The molecule has 40 heavy (non-hydrogen) atoms. The molecular formula is C31H40N2O6Si. The number of nitriles is 1. The molecule has 4 atom stereocenters. The van der Waals surface area contributed by atoms with E-state index in [1.165, 1.54) is 7.11 Å². The van der Waals surface area contributed by atoms with Gasteiger partial charge in [0.2, 0.25) is 0 Å². The summed E-state index contributed by atoms with van der Waals surface area (Å²) in [6.07, 6.45) is -0.270. The lowest BCUT2D eigenvalue weighted by molar-refractivity contribution is -0.142. The fraction of sp³-hybridized carbons (Fsp3) is 0.452. The van der Waals surface area contributed by atoms with Crippen LogP contribution >= 0.6 is 0 Å². The number of methoxy groups -OCH3 is 1. The van der Waals surface area contributed by atoms with E-state index in [4.69, 9.17) is 13.9 Å². The van der Waals surface area contributed by atoms with Crippen molar-refractivity contribution in [2.45, 2.75) is 76.3 Å². The van der Waals surface area contributed by atoms with Crippen molar-refractivity contribution >= 4 is 30.8 Å². The predicted octanol–water partition coefficient (Wildman–Crippen LogP) is 3.83. The molecule has 0 saturated carbocycles. The van der Waals surface area contributed by atoms with Gasteiger partial charge in [0.25, 0.3) is 8.32 Å². The first-order valence-electron chi connectivity index (χ1n) is 13.3. The van der Waals surface area contributed by atoms with Crippen LogP contribution in [0.25, 0.3) is 0 Å². The van der Waals surface area contributed by atoms with E-state index in [1.807, 2.05) is 60.7 Å². The quantitative estimate of drug-likeness (QED) is 0.298. The van der Waals surface area contributed by atoms with Gasteiger partial charge in [0.1, 0.15) is 17.6 Å². The number of aliphatic hydroxyl groups excluding tert-OH is 1. The summed E-state index contributed by atoms with van der Waals surface area (Å²) >= 11 is 0. The molecule has 8 nitrogen and oxygen atoms in total. The molecule has 0 saturated heterocycles. The molecule has 1 aliphatic carbocycles. The molecule has 1 aliphatic rings. The minimum absolute atomic E-state index is 0.374. The van der Waals surface area contributed by atoms with E-state index >= 15 is 0 Å². The van der Waals surface area contributed by atoms with Crippen molar-refractivity contribution in [2.24, 2.45) is 5.92 Å². The van der Waals surface area contributed by atoms with Crippen LogP contribution in [0.15, 0.2) is 72.8 Å². The summed E-state index contributed by atoms with van der Waals surface area (Å²) < 4.78 is 17.4. The Labute approximate surface area is 238 Å². The second-order valence-electron chi connectivity index (χ2n) is 12.1. The van der Waals surface area contributed by atoms with Crippen LogP contribution in [0.5, 0.6) is 0 Å². The van der Waals surface area contributed by atoms with Crippen molar-refractivity contribution < 1.29 is 28.6 Å². The summed E-state index contributed by atoms with van der Waals surface area (Å²) in [5, 5.41) is 26.3. The number of esters is 1. The molecule has 1 amide bonds. The smallest absolute Gasteiger partial charge is 0.408 e. The Kier molecular flexibility index (Phi) is 9.30. The molecule has 214 valence electrons. The first-order chi connectivity index (χ1) is 18.7. The maximum Gasteiger partial charge on any atom is 0.408 e. The van der Waals surface area contributed by atoms with Gasteiger partial charge in [-0.2, -0.15) is 5.26 Å². The summed E-state index contributed by atoms with van der Waals surface area (Å²) in [5.41, 5.74) is -2.39. The fourth-order valence-corrected chi connectivity index (χ4v) is 9.95. The number of ether oxygens (including phenoxy) is 2. The Morgan fingerprint density at radius 3 is 1.95 bits per heavy atom. The zero-order valence-corrected chi connectivity index (χ0v) is 25.3. The van der Waals surface area contributed by atoms with Gasteiger partial charge in [-0.3, -0.25) is 4.79 Å². The maximum atomic E-state index is 12.8. The minimum Gasteiger partial charge on any atom is -0.469 e. The molecule has 2 aromatic rings. The molecule has 0 unspecified atom stereocenters.